The molecule has 0 aliphatic carbocycles. The average molecular weight is 353 g/mol. The van der Waals surface area contributed by atoms with E-state index >= 15 is 0 Å². The van der Waals surface area contributed by atoms with Gasteiger partial charge in [0.2, 0.25) is 0 Å². The number of nitrogens with one attached hydrogen (secondary N) is 1. The first kappa shape index (κ1) is 16.6. The summed E-state index contributed by atoms with van der Waals surface area (Å²) in [5.74, 6) is 1.74. The average Bonchev–Trinajstić information content (AvgIpc) is 3.35. The minimum atomic E-state index is -0.0492. The number of hydrogen-bond acceptors (Lipinski definition) is 4. The number of hydrogen-bond donors (Lipinski definition) is 1. The zero-order valence-corrected chi connectivity index (χ0v) is 15.1. The summed E-state index contributed by atoms with van der Waals surface area (Å²) in [6, 6.07) is 9.92. The molecular weight excluding hydrogens is 330 g/mol. The Morgan fingerprint density at radius 2 is 2.23 bits per heavy atom. The second-order valence-corrected chi connectivity index (χ2v) is 6.77. The minimum Gasteiger partial charge on any atom is -0.361 e. The van der Waals surface area contributed by atoms with E-state index < -0.39 is 0 Å². The van der Waals surface area contributed by atoms with Gasteiger partial charge in [-0.2, -0.15) is 0 Å². The van der Waals surface area contributed by atoms with Crippen molar-refractivity contribution in [2.24, 2.45) is 7.05 Å². The van der Waals surface area contributed by atoms with Crippen molar-refractivity contribution in [1.82, 2.24) is 24.9 Å². The second-order valence-electron chi connectivity index (χ2n) is 6.77. The first-order chi connectivity index (χ1) is 12.6. The van der Waals surface area contributed by atoms with Gasteiger partial charge in [0.25, 0.3) is 0 Å². The Hall–Kier alpha value is -2.83. The van der Waals surface area contributed by atoms with Crippen LogP contribution in [-0.2, 0) is 13.5 Å². The summed E-state index contributed by atoms with van der Waals surface area (Å²) < 4.78 is 7.25. The van der Waals surface area contributed by atoms with Crippen LogP contribution >= 0.6 is 0 Å². The number of imidazole rings is 1. The van der Waals surface area contributed by atoms with E-state index in [1.165, 1.54) is 0 Å². The fourth-order valence-electron chi connectivity index (χ4n) is 3.66. The van der Waals surface area contributed by atoms with Gasteiger partial charge in [0.15, 0.2) is 0 Å². The van der Waals surface area contributed by atoms with E-state index in [0.29, 0.717) is 13.0 Å². The molecule has 1 atom stereocenters. The molecule has 26 heavy (non-hydrogen) atoms. The van der Waals surface area contributed by atoms with Crippen LogP contribution in [0.1, 0.15) is 36.2 Å². The van der Waals surface area contributed by atoms with E-state index in [1.807, 2.05) is 43.1 Å². The van der Waals surface area contributed by atoms with E-state index in [0.717, 1.165) is 47.7 Å². The smallest absolute Gasteiger partial charge is 0.317 e. The molecule has 0 saturated carbocycles. The largest absolute Gasteiger partial charge is 0.361 e. The second kappa shape index (κ2) is 6.82. The highest BCUT2D eigenvalue weighted by Gasteiger charge is 2.31. The van der Waals surface area contributed by atoms with Crippen molar-refractivity contribution in [3.63, 3.8) is 0 Å². The third-order valence-electron chi connectivity index (χ3n) is 5.01. The third-order valence-corrected chi connectivity index (χ3v) is 5.01. The van der Waals surface area contributed by atoms with Gasteiger partial charge in [0.05, 0.1) is 17.1 Å². The van der Waals surface area contributed by atoms with Gasteiger partial charge in [-0.15, -0.1) is 0 Å². The maximum atomic E-state index is 12.6. The molecule has 0 bridgehead atoms. The molecule has 1 fully saturated rings. The zero-order chi connectivity index (χ0) is 18.1. The standard InChI is InChI=1S/C19H23N5O2/c1-13-12-15(22-26-13)17-8-5-11-24(17)19(25)20-10-9-18-21-14-6-3-4-7-16(14)23(18)2/h3-4,6-7,12,17H,5,8-11H2,1-2H3,(H,20,25). The lowest BCUT2D eigenvalue weighted by Crippen LogP contribution is -2.40. The Bertz CT molecular complexity index is 929. The van der Waals surface area contributed by atoms with Crippen LogP contribution in [0.25, 0.3) is 11.0 Å². The molecule has 7 heteroatoms. The van der Waals surface area contributed by atoms with Gasteiger partial charge in [-0.3, -0.25) is 0 Å². The minimum absolute atomic E-state index is 0.00296. The van der Waals surface area contributed by atoms with Gasteiger partial charge in [-0.05, 0) is 31.9 Å². The lowest BCUT2D eigenvalue weighted by molar-refractivity contribution is 0.191. The summed E-state index contributed by atoms with van der Waals surface area (Å²) >= 11 is 0. The van der Waals surface area contributed by atoms with Crippen LogP contribution in [0, 0.1) is 6.92 Å². The Labute approximate surface area is 152 Å². The fourth-order valence-corrected chi connectivity index (χ4v) is 3.66. The Balaban J connectivity index is 1.38. The van der Waals surface area contributed by atoms with Crippen LogP contribution in [0.5, 0.6) is 0 Å². The number of nitrogens with zero attached hydrogens (tertiary/aromatic N) is 4. The number of para-hydroxylation sites is 2. The molecule has 0 radical (unpaired) electrons. The van der Waals surface area contributed by atoms with Gasteiger partial charge in [-0.1, -0.05) is 17.3 Å². The maximum Gasteiger partial charge on any atom is 0.317 e. The third kappa shape index (κ3) is 3.05. The number of likely N-dealkylation sites (tertiary alicyclic amines) is 1. The van der Waals surface area contributed by atoms with Crippen LogP contribution < -0.4 is 5.32 Å². The highest BCUT2D eigenvalue weighted by Crippen LogP contribution is 2.31. The number of carbonyl (C=O) groups is 1. The summed E-state index contributed by atoms with van der Waals surface area (Å²) in [5, 5.41) is 7.11. The van der Waals surface area contributed by atoms with Crippen LogP contribution in [0.2, 0.25) is 0 Å². The van der Waals surface area contributed by atoms with Crippen LogP contribution in [-0.4, -0.2) is 38.7 Å². The van der Waals surface area contributed by atoms with Gasteiger partial charge in [-0.25, -0.2) is 9.78 Å². The van der Waals surface area contributed by atoms with Crippen molar-refractivity contribution in [1.29, 1.82) is 0 Å². The van der Waals surface area contributed by atoms with Crippen LogP contribution in [0.4, 0.5) is 4.79 Å². The molecule has 3 aromatic rings. The summed E-state index contributed by atoms with van der Waals surface area (Å²) in [7, 11) is 2.01. The van der Waals surface area contributed by atoms with Crippen molar-refractivity contribution in [2.45, 2.75) is 32.2 Å². The molecule has 1 aliphatic heterocycles. The summed E-state index contributed by atoms with van der Waals surface area (Å²) in [4.78, 5) is 19.1. The molecule has 1 aromatic carbocycles. The highest BCUT2D eigenvalue weighted by atomic mass is 16.5. The van der Waals surface area contributed by atoms with E-state index in [4.69, 9.17) is 4.52 Å². The van der Waals surface area contributed by atoms with E-state index in [-0.39, 0.29) is 12.1 Å². The van der Waals surface area contributed by atoms with Gasteiger partial charge < -0.3 is 19.3 Å². The molecular formula is C19H23N5O2. The van der Waals surface area contributed by atoms with Crippen molar-refractivity contribution in [2.75, 3.05) is 13.1 Å². The highest BCUT2D eigenvalue weighted by molar-refractivity contribution is 5.76. The Morgan fingerprint density at radius 3 is 3.00 bits per heavy atom. The van der Waals surface area contributed by atoms with Crippen molar-refractivity contribution < 1.29 is 9.32 Å². The topological polar surface area (TPSA) is 76.2 Å². The molecule has 2 amide bonds. The summed E-state index contributed by atoms with van der Waals surface area (Å²) in [6.45, 7) is 3.17. The predicted molar refractivity (Wildman–Crippen MR) is 97.7 cm³/mol. The molecule has 0 spiro atoms. The Morgan fingerprint density at radius 1 is 1.38 bits per heavy atom. The predicted octanol–water partition coefficient (Wildman–Crippen LogP) is 2.96. The number of aromatic nitrogens is 3. The number of urea groups is 1. The molecule has 3 heterocycles. The molecule has 2 aromatic heterocycles. The SMILES string of the molecule is Cc1cc(C2CCCN2C(=O)NCCc2nc3ccccc3n2C)no1. The van der Waals surface area contributed by atoms with E-state index in [9.17, 15) is 4.79 Å². The summed E-state index contributed by atoms with van der Waals surface area (Å²) in [5.41, 5.74) is 2.93. The van der Waals surface area contributed by atoms with Crippen molar-refractivity contribution >= 4 is 17.1 Å². The molecule has 1 saturated heterocycles. The van der Waals surface area contributed by atoms with Gasteiger partial charge in [0, 0.05) is 32.6 Å². The lowest BCUT2D eigenvalue weighted by Gasteiger charge is -2.23. The normalized spacial score (nSPS) is 17.2. The fraction of sp³-hybridized carbons (Fsp3) is 0.421. The lowest BCUT2D eigenvalue weighted by atomic mass is 10.1. The van der Waals surface area contributed by atoms with Gasteiger partial charge in [0.1, 0.15) is 17.3 Å². The number of rotatable bonds is 4. The van der Waals surface area contributed by atoms with Crippen molar-refractivity contribution in [3.05, 3.63) is 47.6 Å². The molecule has 7 nitrogen and oxygen atoms in total. The molecule has 4 rings (SSSR count). The van der Waals surface area contributed by atoms with E-state index in [2.05, 4.69) is 26.1 Å². The van der Waals surface area contributed by atoms with Crippen LogP contribution in [0.15, 0.2) is 34.9 Å². The van der Waals surface area contributed by atoms with E-state index in [1.54, 1.807) is 0 Å². The molecule has 1 unspecified atom stereocenters. The number of amides is 2. The van der Waals surface area contributed by atoms with Crippen LogP contribution in [0.3, 0.4) is 0 Å². The quantitative estimate of drug-likeness (QED) is 0.782. The van der Waals surface area contributed by atoms with Crippen molar-refractivity contribution in [3.8, 4) is 0 Å². The molecule has 1 aliphatic rings. The molecule has 1 N–H and O–H groups in total. The number of aryl methyl sites for hydroxylation is 2. The van der Waals surface area contributed by atoms with Gasteiger partial charge >= 0.3 is 6.03 Å². The molecule has 136 valence electrons. The zero-order valence-electron chi connectivity index (χ0n) is 15.1. The first-order valence-electron chi connectivity index (χ1n) is 9.01. The number of fused-ring (bicyclic) bond motifs is 1. The number of carbonyl (C=O) groups excluding carboxylic acids is 1. The monoisotopic (exact) mass is 353 g/mol. The Kier molecular flexibility index (Phi) is 4.36. The first-order valence-corrected chi connectivity index (χ1v) is 9.01. The maximum absolute atomic E-state index is 12.6. The summed E-state index contributed by atoms with van der Waals surface area (Å²) in [6.07, 6.45) is 2.59. The number of benzene rings is 1.